The number of fused-ring (bicyclic) bond motifs is 3. The molecule has 0 spiro atoms. The summed E-state index contributed by atoms with van der Waals surface area (Å²) in [7, 11) is 5.37. The minimum Gasteiger partial charge on any atom is -0.511 e. The third-order valence-corrected chi connectivity index (χ3v) is 7.33. The van der Waals surface area contributed by atoms with Crippen LogP contribution in [0.3, 0.4) is 0 Å². The van der Waals surface area contributed by atoms with Crippen LogP contribution in [0.5, 0.6) is 5.75 Å². The molecule has 1 aromatic carbocycles. The van der Waals surface area contributed by atoms with Crippen molar-refractivity contribution in [3.05, 3.63) is 39.7 Å². The fraction of sp³-hybridized carbons (Fsp3) is 0.480. The lowest BCUT2D eigenvalue weighted by molar-refractivity contribution is -0.127. The van der Waals surface area contributed by atoms with Gasteiger partial charge < -0.3 is 26.0 Å². The number of nitrogens with zero attached hydrogens (tertiary/aromatic N) is 2. The predicted molar refractivity (Wildman–Crippen MR) is 127 cm³/mol. The molecule has 10 heteroatoms. The van der Waals surface area contributed by atoms with E-state index in [1.807, 2.05) is 19.0 Å². The number of allylic oxidation sites excluding steroid dienone is 2. The summed E-state index contributed by atoms with van der Waals surface area (Å²) in [5.74, 6) is -5.58. The van der Waals surface area contributed by atoms with E-state index in [0.717, 1.165) is 5.69 Å². The van der Waals surface area contributed by atoms with Crippen molar-refractivity contribution >= 4 is 28.9 Å². The van der Waals surface area contributed by atoms with Crippen molar-refractivity contribution in [2.45, 2.75) is 25.8 Å². The van der Waals surface area contributed by atoms with Gasteiger partial charge in [-0.1, -0.05) is 0 Å². The zero-order chi connectivity index (χ0) is 25.8. The van der Waals surface area contributed by atoms with E-state index >= 15 is 0 Å². The number of carbonyl (C=O) groups is 3. The second-order valence-electron chi connectivity index (χ2n) is 9.83. The van der Waals surface area contributed by atoms with Gasteiger partial charge in [-0.15, -0.1) is 0 Å². The zero-order valence-corrected chi connectivity index (χ0v) is 20.0. The summed E-state index contributed by atoms with van der Waals surface area (Å²) in [6.07, 6.45) is 0.584. The molecule has 0 heterocycles. The Morgan fingerprint density at radius 2 is 1.86 bits per heavy atom. The molecule has 0 radical (unpaired) electrons. The molecule has 1 aromatic rings. The van der Waals surface area contributed by atoms with Gasteiger partial charge in [0.05, 0.1) is 11.5 Å². The van der Waals surface area contributed by atoms with E-state index < -0.39 is 53.2 Å². The highest BCUT2D eigenvalue weighted by atomic mass is 19.1. The van der Waals surface area contributed by atoms with Gasteiger partial charge in [0, 0.05) is 50.4 Å². The number of carbonyl (C=O) groups excluding carboxylic acids is 3. The normalized spacial score (nSPS) is 23.9. The molecule has 3 aliphatic carbocycles. The highest BCUT2D eigenvalue weighted by molar-refractivity contribution is 6.21. The van der Waals surface area contributed by atoms with Crippen LogP contribution in [-0.2, 0) is 27.3 Å². The van der Waals surface area contributed by atoms with Gasteiger partial charge in [0.25, 0.3) is 5.91 Å². The van der Waals surface area contributed by atoms with Crippen LogP contribution < -0.4 is 10.6 Å². The van der Waals surface area contributed by atoms with Crippen molar-refractivity contribution in [3.63, 3.8) is 0 Å². The van der Waals surface area contributed by atoms with Crippen LogP contribution in [-0.4, -0.2) is 72.1 Å². The summed E-state index contributed by atoms with van der Waals surface area (Å²) >= 11 is 0. The molecule has 5 N–H and O–H groups in total. The van der Waals surface area contributed by atoms with Gasteiger partial charge >= 0.3 is 0 Å². The Morgan fingerprint density at radius 3 is 2.46 bits per heavy atom. The summed E-state index contributed by atoms with van der Waals surface area (Å²) in [5, 5.41) is 33.1. The first kappa shape index (κ1) is 24.7. The topological polar surface area (TPSA) is 144 Å². The number of hydrogen-bond acceptors (Lipinski definition) is 8. The number of aromatic hydroxyl groups is 1. The molecule has 0 saturated heterocycles. The second kappa shape index (κ2) is 8.99. The third kappa shape index (κ3) is 3.95. The Kier molecular flexibility index (Phi) is 6.35. The smallest absolute Gasteiger partial charge is 0.255 e. The Bertz CT molecular complexity index is 1190. The van der Waals surface area contributed by atoms with Gasteiger partial charge in [-0.05, 0) is 43.4 Å². The quantitative estimate of drug-likeness (QED) is 0.445. The number of amides is 1. The molecule has 3 unspecified atom stereocenters. The summed E-state index contributed by atoms with van der Waals surface area (Å²) in [4.78, 5) is 41.3. The number of phenols is 1. The van der Waals surface area contributed by atoms with Crippen LogP contribution in [0.15, 0.2) is 23.0 Å². The predicted octanol–water partition coefficient (Wildman–Crippen LogP) is 1.78. The average Bonchev–Trinajstić information content (AvgIpc) is 2.74. The van der Waals surface area contributed by atoms with Crippen molar-refractivity contribution in [3.8, 4) is 5.75 Å². The molecule has 1 saturated carbocycles. The van der Waals surface area contributed by atoms with Crippen LogP contribution in [0.2, 0.25) is 0 Å². The van der Waals surface area contributed by atoms with E-state index in [2.05, 4.69) is 0 Å². The molecule has 1 fully saturated rings. The maximum atomic E-state index is 13.6. The van der Waals surface area contributed by atoms with Gasteiger partial charge in [-0.25, -0.2) is 4.39 Å². The number of benzene rings is 1. The van der Waals surface area contributed by atoms with Crippen molar-refractivity contribution in [1.82, 2.24) is 4.90 Å². The Morgan fingerprint density at radius 1 is 1.17 bits per heavy atom. The Labute approximate surface area is 202 Å². The number of halogens is 1. The molecule has 35 heavy (non-hydrogen) atoms. The number of aliphatic hydroxyl groups is 2. The maximum absolute atomic E-state index is 13.6. The van der Waals surface area contributed by atoms with Crippen LogP contribution in [0.25, 0.3) is 5.76 Å². The van der Waals surface area contributed by atoms with E-state index in [4.69, 9.17) is 5.73 Å². The summed E-state index contributed by atoms with van der Waals surface area (Å²) in [6.45, 7) is -0.164. The fourth-order valence-electron chi connectivity index (χ4n) is 5.78. The number of anilines is 1. The minimum atomic E-state index is -1.15. The van der Waals surface area contributed by atoms with Crippen molar-refractivity contribution in [1.29, 1.82) is 0 Å². The van der Waals surface area contributed by atoms with Gasteiger partial charge in [0.2, 0.25) is 0 Å². The molecule has 3 aliphatic rings. The first-order chi connectivity index (χ1) is 16.5. The number of aliphatic hydroxyl groups excluding tert-OH is 2. The number of hydrogen-bond donors (Lipinski definition) is 4. The molecule has 4 rings (SSSR count). The largest absolute Gasteiger partial charge is 0.511 e. The number of ketones is 2. The maximum Gasteiger partial charge on any atom is 0.255 e. The highest BCUT2D eigenvalue weighted by Gasteiger charge is 2.51. The number of primary amides is 1. The van der Waals surface area contributed by atoms with Crippen molar-refractivity contribution in [2.24, 2.45) is 23.5 Å². The first-order valence-corrected chi connectivity index (χ1v) is 11.5. The van der Waals surface area contributed by atoms with Crippen molar-refractivity contribution in [2.75, 3.05) is 39.3 Å². The molecule has 1 amide bonds. The summed E-state index contributed by atoms with van der Waals surface area (Å²) in [6, 6.07) is 1.80. The third-order valence-electron chi connectivity index (χ3n) is 7.33. The Hall–Kier alpha value is -3.40. The van der Waals surface area contributed by atoms with Crippen LogP contribution in [0.4, 0.5) is 10.1 Å². The van der Waals surface area contributed by atoms with Crippen LogP contribution >= 0.6 is 0 Å². The standard InChI is InChI=1S/C25H30FN3O6/c1-28(2)15-8-13(10-29(3)5-4-26)21(31)19-14(15)7-11-6-12-9-16(30)20(25(27)35)24(34)18(12)22(32)17(11)23(19)33/h8,11-12,18,31,33-34H,4-7,9-10H2,1-3H3,(H2,27,35). The number of alkyl halides is 1. The summed E-state index contributed by atoms with van der Waals surface area (Å²) in [5.41, 5.74) is 6.80. The SMILES string of the molecule is CN(CCF)Cc1cc(N(C)C)c2c(c1O)C(O)=C1C(=O)C3C(O)=C(C(N)=O)C(=O)CC3CC1C2. The molecule has 3 atom stereocenters. The highest BCUT2D eigenvalue weighted by Crippen LogP contribution is 2.52. The van der Waals surface area contributed by atoms with Gasteiger partial charge in [-0.2, -0.15) is 0 Å². The van der Waals surface area contributed by atoms with E-state index in [-0.39, 0.29) is 42.2 Å². The molecule has 0 aromatic heterocycles. The number of nitrogens with two attached hydrogens (primary N) is 1. The van der Waals surface area contributed by atoms with Crippen molar-refractivity contribution < 1.29 is 34.1 Å². The second-order valence-corrected chi connectivity index (χ2v) is 9.83. The average molecular weight is 488 g/mol. The van der Waals surface area contributed by atoms with Gasteiger partial charge in [0.15, 0.2) is 11.6 Å². The van der Waals surface area contributed by atoms with E-state index in [1.165, 1.54) is 0 Å². The van der Waals surface area contributed by atoms with Gasteiger partial charge in [-0.3, -0.25) is 19.3 Å². The monoisotopic (exact) mass is 487 g/mol. The molecule has 9 nitrogen and oxygen atoms in total. The number of rotatable bonds is 6. The van der Waals surface area contributed by atoms with Crippen LogP contribution in [0.1, 0.15) is 29.5 Å². The zero-order valence-electron chi connectivity index (χ0n) is 20.0. The lowest BCUT2D eigenvalue weighted by Crippen LogP contribution is -2.44. The first-order valence-electron chi connectivity index (χ1n) is 11.5. The number of Topliss-reactive ketones (excluding diaryl/α,β-unsaturated/α-hetero) is 2. The van der Waals surface area contributed by atoms with E-state index in [9.17, 15) is 34.1 Å². The fourth-order valence-corrected chi connectivity index (χ4v) is 5.78. The molecule has 188 valence electrons. The molecule has 0 aliphatic heterocycles. The molecular weight excluding hydrogens is 457 g/mol. The Balaban J connectivity index is 1.87. The lowest BCUT2D eigenvalue weighted by atomic mass is 9.61. The van der Waals surface area contributed by atoms with E-state index in [0.29, 0.717) is 24.0 Å². The molecule has 0 bridgehead atoms. The van der Waals surface area contributed by atoms with Crippen LogP contribution in [0, 0.1) is 17.8 Å². The van der Waals surface area contributed by atoms with Gasteiger partial charge in [0.1, 0.15) is 29.5 Å². The minimum absolute atomic E-state index is 0.0674. The molecular formula is C25H30FN3O6. The van der Waals surface area contributed by atoms with E-state index in [1.54, 1.807) is 18.0 Å². The lowest BCUT2D eigenvalue weighted by Gasteiger charge is -2.41. The summed E-state index contributed by atoms with van der Waals surface area (Å²) < 4.78 is 12.8. The number of phenolic OH excluding ortho intramolecular Hbond substituents is 1.